The molecule has 0 aromatic heterocycles. The molecule has 0 spiro atoms. The summed E-state index contributed by atoms with van der Waals surface area (Å²) in [5, 5.41) is 0. The third-order valence-corrected chi connectivity index (χ3v) is 0. The van der Waals surface area contributed by atoms with Crippen LogP contribution in [0.1, 0.15) is 0 Å². The van der Waals surface area contributed by atoms with E-state index in [1.54, 1.807) is 0 Å². The van der Waals surface area contributed by atoms with Gasteiger partial charge in [0.1, 0.15) is 0 Å². The Labute approximate surface area is 59.7 Å². The van der Waals surface area contributed by atoms with E-state index in [1.165, 1.54) is 0 Å². The molecule has 6 heavy (non-hydrogen) atoms. The molecular formula is O4PY-3. The first-order valence-electron chi connectivity index (χ1n) is 0.730. The molecule has 35 valence electrons. The summed E-state index contributed by atoms with van der Waals surface area (Å²) in [6, 6.07) is 0. The summed E-state index contributed by atoms with van der Waals surface area (Å²) in [5.74, 6) is 0. The van der Waals surface area contributed by atoms with Gasteiger partial charge in [-0.15, -0.1) is 0 Å². The minimum atomic E-state index is -5.39. The fourth-order valence-electron chi connectivity index (χ4n) is 0. The molecule has 0 atom stereocenters. The molecule has 0 unspecified atom stereocenters. The van der Waals surface area contributed by atoms with Crippen LogP contribution in [0.15, 0.2) is 0 Å². The van der Waals surface area contributed by atoms with E-state index < -0.39 is 7.82 Å². The van der Waals surface area contributed by atoms with Crippen LogP contribution in [0.3, 0.4) is 0 Å². The molecule has 0 rings (SSSR count). The summed E-state index contributed by atoms with van der Waals surface area (Å²) in [5.41, 5.74) is 0. The van der Waals surface area contributed by atoms with Gasteiger partial charge in [0.15, 0.2) is 0 Å². The fraction of sp³-hybridized carbons (Fsp3) is 0. The van der Waals surface area contributed by atoms with Gasteiger partial charge >= 0.3 is 0 Å². The van der Waals surface area contributed by atoms with Gasteiger partial charge in [-0.1, -0.05) is 0 Å². The first-order valence-corrected chi connectivity index (χ1v) is 2.19. The standard InChI is InChI=1S/H3O4P.Y/c1-5(2,3)4;/h(H3,1,2,3,4);/p-3. The van der Waals surface area contributed by atoms with Crippen LogP contribution in [0.5, 0.6) is 0 Å². The first kappa shape index (κ1) is 10.2. The second kappa shape index (κ2) is 3.25. The van der Waals surface area contributed by atoms with Crippen LogP contribution in [0.2, 0.25) is 0 Å². The monoisotopic (exact) mass is 184 g/mol. The van der Waals surface area contributed by atoms with Crippen molar-refractivity contribution in [3.63, 3.8) is 0 Å². The van der Waals surface area contributed by atoms with Crippen molar-refractivity contribution in [3.05, 3.63) is 0 Å². The zero-order valence-electron chi connectivity index (χ0n) is 2.66. The van der Waals surface area contributed by atoms with Gasteiger partial charge in [-0.05, 0) is 0 Å². The van der Waals surface area contributed by atoms with E-state index in [0.29, 0.717) is 0 Å². The van der Waals surface area contributed by atoms with Gasteiger partial charge in [0.25, 0.3) is 0 Å². The Bertz CT molecular complexity index is 53.7. The zero-order chi connectivity index (χ0) is 4.50. The molecule has 0 heterocycles. The molecule has 0 aliphatic carbocycles. The maximum absolute atomic E-state index is 8.55. The molecule has 0 bridgehead atoms. The third kappa shape index (κ3) is 62.8. The van der Waals surface area contributed by atoms with Crippen molar-refractivity contribution in [2.75, 3.05) is 0 Å². The minimum absolute atomic E-state index is 0. The van der Waals surface area contributed by atoms with E-state index in [1.807, 2.05) is 0 Å². The van der Waals surface area contributed by atoms with Crippen molar-refractivity contribution in [1.82, 2.24) is 0 Å². The van der Waals surface area contributed by atoms with Crippen molar-refractivity contribution >= 4 is 7.82 Å². The summed E-state index contributed by atoms with van der Waals surface area (Å²) in [6.45, 7) is 0. The van der Waals surface area contributed by atoms with Crippen molar-refractivity contribution in [2.24, 2.45) is 0 Å². The quantitative estimate of drug-likeness (QED) is 0.379. The molecule has 0 saturated heterocycles. The van der Waals surface area contributed by atoms with Gasteiger partial charge in [0.2, 0.25) is 0 Å². The van der Waals surface area contributed by atoms with Gasteiger partial charge in [-0.2, -0.15) is 7.82 Å². The molecule has 0 aliphatic rings. The van der Waals surface area contributed by atoms with Crippen molar-refractivity contribution in [3.8, 4) is 0 Å². The second-order valence-corrected chi connectivity index (χ2v) is 1.34. The Kier molecular flexibility index (Phi) is 5.54. The van der Waals surface area contributed by atoms with Gasteiger partial charge < -0.3 is 19.2 Å². The molecule has 6 heteroatoms. The second-order valence-electron chi connectivity index (χ2n) is 0.447. The predicted octanol–water partition coefficient (Wildman–Crippen LogP) is -2.83. The average Bonchev–Trinajstić information content (AvgIpc) is 0.722. The molecule has 1 radical (unpaired) electrons. The zero-order valence-corrected chi connectivity index (χ0v) is 6.39. The average molecular weight is 184 g/mol. The van der Waals surface area contributed by atoms with Crippen LogP contribution in [-0.4, -0.2) is 0 Å². The maximum Gasteiger partial charge on any atom is 0 e. The molecule has 0 fully saturated rings. The molecule has 0 N–H and O–H groups in total. The molecule has 0 saturated carbocycles. The van der Waals surface area contributed by atoms with E-state index in [2.05, 4.69) is 0 Å². The minimum Gasteiger partial charge on any atom is -0.822 e. The Hall–Kier alpha value is 1.21. The third-order valence-electron chi connectivity index (χ3n) is 0. The number of phosphoric acid groups is 1. The fourth-order valence-corrected chi connectivity index (χ4v) is 0. The van der Waals surface area contributed by atoms with Crippen molar-refractivity contribution < 1.29 is 52.0 Å². The number of rotatable bonds is 0. The normalized spacial score (nSPS) is 9.83. The van der Waals surface area contributed by atoms with Crippen LogP contribution in [0.25, 0.3) is 0 Å². The summed E-state index contributed by atoms with van der Waals surface area (Å²) in [6.07, 6.45) is 0. The van der Waals surface area contributed by atoms with Crippen LogP contribution in [0.4, 0.5) is 0 Å². The van der Waals surface area contributed by atoms with Gasteiger partial charge in [0, 0.05) is 32.7 Å². The Morgan fingerprint density at radius 2 is 1.17 bits per heavy atom. The Morgan fingerprint density at radius 1 is 1.17 bits per heavy atom. The maximum atomic E-state index is 8.55. The molecule has 0 aromatic carbocycles. The van der Waals surface area contributed by atoms with E-state index >= 15 is 0 Å². The van der Waals surface area contributed by atoms with Gasteiger partial charge in [-0.25, -0.2) is 0 Å². The number of hydrogen-bond acceptors (Lipinski definition) is 4. The van der Waals surface area contributed by atoms with Crippen LogP contribution >= 0.6 is 7.82 Å². The molecule has 0 aliphatic heterocycles. The van der Waals surface area contributed by atoms with Crippen molar-refractivity contribution in [2.45, 2.75) is 0 Å². The van der Waals surface area contributed by atoms with Crippen LogP contribution in [-0.2, 0) is 37.3 Å². The smallest absolute Gasteiger partial charge is 0 e. The summed E-state index contributed by atoms with van der Waals surface area (Å²) < 4.78 is 8.55. The van der Waals surface area contributed by atoms with Crippen LogP contribution < -0.4 is 14.7 Å². The van der Waals surface area contributed by atoms with E-state index in [0.717, 1.165) is 0 Å². The van der Waals surface area contributed by atoms with Gasteiger partial charge in [-0.3, -0.25) is 0 Å². The van der Waals surface area contributed by atoms with E-state index in [9.17, 15) is 0 Å². The number of hydrogen-bond donors (Lipinski definition) is 0. The summed E-state index contributed by atoms with van der Waals surface area (Å²) in [7, 11) is -5.39. The predicted molar refractivity (Wildman–Crippen MR) is 7.61 cm³/mol. The molecule has 4 nitrogen and oxygen atoms in total. The Morgan fingerprint density at radius 3 is 1.17 bits per heavy atom. The SMILES string of the molecule is O=P([O-])([O-])[O-].[Y]. The molecular weight excluding hydrogens is 184 g/mol. The summed E-state index contributed by atoms with van der Waals surface area (Å²) in [4.78, 5) is 25.6. The van der Waals surface area contributed by atoms with E-state index in [-0.39, 0.29) is 32.7 Å². The van der Waals surface area contributed by atoms with Crippen LogP contribution in [0, 0.1) is 0 Å². The van der Waals surface area contributed by atoms with Gasteiger partial charge in [0.05, 0.1) is 0 Å². The molecule has 0 amide bonds. The summed E-state index contributed by atoms with van der Waals surface area (Å²) >= 11 is 0. The Balaban J connectivity index is 0. The van der Waals surface area contributed by atoms with E-state index in [4.69, 9.17) is 19.2 Å². The first-order chi connectivity index (χ1) is 2.00. The topological polar surface area (TPSA) is 86.2 Å². The van der Waals surface area contributed by atoms with Crippen molar-refractivity contribution in [1.29, 1.82) is 0 Å². The largest absolute Gasteiger partial charge is 0.822 e. The molecule has 0 aromatic rings.